The third-order valence-corrected chi connectivity index (χ3v) is 2.66. The Morgan fingerprint density at radius 3 is 2.69 bits per heavy atom. The molecule has 1 fully saturated rings. The molecule has 0 aromatic heterocycles. The van der Waals surface area contributed by atoms with Crippen LogP contribution in [0.4, 0.5) is 0 Å². The van der Waals surface area contributed by atoms with Crippen molar-refractivity contribution in [2.45, 2.75) is 44.3 Å². The lowest BCUT2D eigenvalue weighted by Gasteiger charge is -2.41. The fourth-order valence-electron chi connectivity index (χ4n) is 2.02. The van der Waals surface area contributed by atoms with E-state index in [0.717, 1.165) is 25.8 Å². The van der Waals surface area contributed by atoms with Crippen LogP contribution >= 0.6 is 0 Å². The van der Waals surface area contributed by atoms with Gasteiger partial charge in [0, 0.05) is 6.42 Å². The van der Waals surface area contributed by atoms with E-state index in [9.17, 15) is 5.11 Å². The SMILES string of the molecule is CNCCC1(O)CCOC(C)(C)C1. The van der Waals surface area contributed by atoms with Gasteiger partial charge in [-0.05, 0) is 40.3 Å². The molecule has 0 aliphatic carbocycles. The summed E-state index contributed by atoms with van der Waals surface area (Å²) in [5.74, 6) is 0. The number of nitrogens with one attached hydrogen (secondary N) is 1. The molecule has 3 nitrogen and oxygen atoms in total. The average Bonchev–Trinajstić information content (AvgIpc) is 1.98. The Balaban J connectivity index is 2.47. The molecule has 13 heavy (non-hydrogen) atoms. The Hall–Kier alpha value is -0.120. The van der Waals surface area contributed by atoms with Gasteiger partial charge in [0.1, 0.15) is 0 Å². The van der Waals surface area contributed by atoms with E-state index >= 15 is 0 Å². The third-order valence-electron chi connectivity index (χ3n) is 2.66. The molecule has 1 aliphatic heterocycles. The highest BCUT2D eigenvalue weighted by atomic mass is 16.5. The average molecular weight is 187 g/mol. The molecule has 0 spiro atoms. The summed E-state index contributed by atoms with van der Waals surface area (Å²) < 4.78 is 5.56. The Morgan fingerprint density at radius 2 is 2.15 bits per heavy atom. The van der Waals surface area contributed by atoms with E-state index in [1.165, 1.54) is 0 Å². The van der Waals surface area contributed by atoms with Gasteiger partial charge in [0.15, 0.2) is 0 Å². The van der Waals surface area contributed by atoms with Crippen LogP contribution in [-0.2, 0) is 4.74 Å². The zero-order chi connectivity index (χ0) is 9.95. The van der Waals surface area contributed by atoms with Gasteiger partial charge in [-0.3, -0.25) is 0 Å². The highest BCUT2D eigenvalue weighted by Crippen LogP contribution is 2.33. The van der Waals surface area contributed by atoms with Crippen LogP contribution in [0.5, 0.6) is 0 Å². The van der Waals surface area contributed by atoms with Crippen molar-refractivity contribution >= 4 is 0 Å². The molecule has 1 heterocycles. The first kappa shape index (κ1) is 11.0. The third kappa shape index (κ3) is 3.25. The molecule has 0 aromatic rings. The van der Waals surface area contributed by atoms with Crippen molar-refractivity contribution in [3.63, 3.8) is 0 Å². The molecule has 1 rings (SSSR count). The fraction of sp³-hybridized carbons (Fsp3) is 1.00. The van der Waals surface area contributed by atoms with Crippen molar-refractivity contribution in [3.05, 3.63) is 0 Å². The van der Waals surface area contributed by atoms with Gasteiger partial charge in [0.05, 0.1) is 17.8 Å². The smallest absolute Gasteiger partial charge is 0.0709 e. The first-order valence-corrected chi connectivity index (χ1v) is 4.98. The van der Waals surface area contributed by atoms with Crippen LogP contribution in [0.3, 0.4) is 0 Å². The highest BCUT2D eigenvalue weighted by molar-refractivity contribution is 4.90. The van der Waals surface area contributed by atoms with Crippen LogP contribution in [0.15, 0.2) is 0 Å². The normalized spacial score (nSPS) is 33.2. The van der Waals surface area contributed by atoms with Crippen LogP contribution in [0, 0.1) is 0 Å². The summed E-state index contributed by atoms with van der Waals surface area (Å²) in [5, 5.41) is 13.3. The van der Waals surface area contributed by atoms with Crippen molar-refractivity contribution in [1.29, 1.82) is 0 Å². The Kier molecular flexibility index (Phi) is 3.33. The van der Waals surface area contributed by atoms with Gasteiger partial charge in [-0.1, -0.05) is 0 Å². The summed E-state index contributed by atoms with van der Waals surface area (Å²) in [7, 11) is 1.91. The van der Waals surface area contributed by atoms with E-state index in [2.05, 4.69) is 5.32 Å². The standard InChI is InChI=1S/C10H21NO2/c1-9(2)8-10(12,4-6-11-3)5-7-13-9/h11-12H,4-8H2,1-3H3. The lowest BCUT2D eigenvalue weighted by atomic mass is 9.82. The summed E-state index contributed by atoms with van der Waals surface area (Å²) in [5.41, 5.74) is -0.689. The molecule has 0 aromatic carbocycles. The zero-order valence-corrected chi connectivity index (χ0v) is 8.89. The predicted molar refractivity (Wildman–Crippen MR) is 52.8 cm³/mol. The molecule has 1 aliphatic rings. The number of aliphatic hydroxyl groups is 1. The first-order chi connectivity index (χ1) is 5.97. The van der Waals surface area contributed by atoms with Gasteiger partial charge in [-0.25, -0.2) is 0 Å². The molecule has 78 valence electrons. The molecule has 2 N–H and O–H groups in total. The quantitative estimate of drug-likeness (QED) is 0.690. The van der Waals surface area contributed by atoms with Crippen molar-refractivity contribution in [1.82, 2.24) is 5.32 Å². The van der Waals surface area contributed by atoms with E-state index < -0.39 is 5.60 Å². The summed E-state index contributed by atoms with van der Waals surface area (Å²) in [6.07, 6.45) is 2.32. The second kappa shape index (κ2) is 3.95. The fourth-order valence-corrected chi connectivity index (χ4v) is 2.02. The molecule has 1 saturated heterocycles. The topological polar surface area (TPSA) is 41.5 Å². The van der Waals surface area contributed by atoms with Crippen LogP contribution in [-0.4, -0.2) is 36.5 Å². The van der Waals surface area contributed by atoms with E-state index in [1.54, 1.807) is 0 Å². The minimum atomic E-state index is -0.523. The summed E-state index contributed by atoms with van der Waals surface area (Å²) in [6.45, 7) is 5.62. The monoisotopic (exact) mass is 187 g/mol. The van der Waals surface area contributed by atoms with Crippen molar-refractivity contribution in [2.24, 2.45) is 0 Å². The lowest BCUT2D eigenvalue weighted by molar-refractivity contribution is -0.145. The molecule has 0 radical (unpaired) electrons. The van der Waals surface area contributed by atoms with Crippen molar-refractivity contribution in [3.8, 4) is 0 Å². The van der Waals surface area contributed by atoms with Gasteiger partial charge >= 0.3 is 0 Å². The minimum Gasteiger partial charge on any atom is -0.390 e. The zero-order valence-electron chi connectivity index (χ0n) is 8.89. The van der Waals surface area contributed by atoms with Crippen molar-refractivity contribution in [2.75, 3.05) is 20.2 Å². The van der Waals surface area contributed by atoms with E-state index in [0.29, 0.717) is 6.61 Å². The van der Waals surface area contributed by atoms with E-state index in [-0.39, 0.29) is 5.60 Å². The Bertz CT molecular complexity index is 170. The molecule has 1 atom stereocenters. The number of hydrogen-bond acceptors (Lipinski definition) is 3. The molecule has 0 amide bonds. The van der Waals surface area contributed by atoms with Crippen LogP contribution in [0.25, 0.3) is 0 Å². The summed E-state index contributed by atoms with van der Waals surface area (Å²) >= 11 is 0. The second-order valence-corrected chi connectivity index (χ2v) is 4.61. The van der Waals surface area contributed by atoms with Gasteiger partial charge in [-0.2, -0.15) is 0 Å². The largest absolute Gasteiger partial charge is 0.390 e. The molecule has 3 heteroatoms. The maximum Gasteiger partial charge on any atom is 0.0709 e. The lowest BCUT2D eigenvalue weighted by Crippen LogP contribution is -2.46. The number of rotatable bonds is 3. The maximum absolute atomic E-state index is 10.2. The first-order valence-electron chi connectivity index (χ1n) is 4.98. The van der Waals surface area contributed by atoms with Gasteiger partial charge < -0.3 is 15.2 Å². The van der Waals surface area contributed by atoms with E-state index in [4.69, 9.17) is 4.74 Å². The van der Waals surface area contributed by atoms with Gasteiger partial charge in [0.25, 0.3) is 0 Å². The summed E-state index contributed by atoms with van der Waals surface area (Å²) in [6, 6.07) is 0. The molecule has 1 unspecified atom stereocenters. The minimum absolute atomic E-state index is 0.166. The Labute approximate surface area is 80.5 Å². The van der Waals surface area contributed by atoms with Crippen LogP contribution in [0.2, 0.25) is 0 Å². The van der Waals surface area contributed by atoms with Crippen LogP contribution < -0.4 is 5.32 Å². The molecule has 0 saturated carbocycles. The molecule has 0 bridgehead atoms. The predicted octanol–water partition coefficient (Wildman–Crippen LogP) is 0.916. The molecular weight excluding hydrogens is 166 g/mol. The maximum atomic E-state index is 10.2. The van der Waals surface area contributed by atoms with E-state index in [1.807, 2.05) is 20.9 Å². The number of hydrogen-bond donors (Lipinski definition) is 2. The van der Waals surface area contributed by atoms with Gasteiger partial charge in [0.2, 0.25) is 0 Å². The second-order valence-electron chi connectivity index (χ2n) is 4.61. The van der Waals surface area contributed by atoms with Crippen molar-refractivity contribution < 1.29 is 9.84 Å². The molecular formula is C10H21NO2. The van der Waals surface area contributed by atoms with Crippen LogP contribution in [0.1, 0.15) is 33.1 Å². The summed E-state index contributed by atoms with van der Waals surface area (Å²) in [4.78, 5) is 0. The Morgan fingerprint density at radius 1 is 1.46 bits per heavy atom. The number of ether oxygens (including phenoxy) is 1. The van der Waals surface area contributed by atoms with Gasteiger partial charge in [-0.15, -0.1) is 0 Å². The highest BCUT2D eigenvalue weighted by Gasteiger charge is 2.38.